The molecule has 2 aromatic heterocycles. The number of hydrogen-bond acceptors (Lipinski definition) is 4. The van der Waals surface area contributed by atoms with E-state index in [1.54, 1.807) is 0 Å². The van der Waals surface area contributed by atoms with Crippen LogP contribution in [-0.2, 0) is 0 Å². The highest BCUT2D eigenvalue weighted by atomic mass is 16.3. The van der Waals surface area contributed by atoms with Crippen molar-refractivity contribution in [1.29, 1.82) is 10.5 Å². The highest BCUT2D eigenvalue weighted by molar-refractivity contribution is 6.14. The van der Waals surface area contributed by atoms with E-state index in [-0.39, 0.29) is 0 Å². The zero-order valence-electron chi connectivity index (χ0n) is 22.3. The monoisotopic (exact) mass is 536 g/mol. The molecular formula is C38H20N2O2. The second-order valence-corrected chi connectivity index (χ2v) is 10.3. The zero-order chi connectivity index (χ0) is 28.2. The first-order chi connectivity index (χ1) is 20.7. The summed E-state index contributed by atoms with van der Waals surface area (Å²) in [5.74, 6) is 0. The van der Waals surface area contributed by atoms with Gasteiger partial charge in [-0.15, -0.1) is 0 Å². The molecule has 194 valence electrons. The Labute approximate surface area is 240 Å². The summed E-state index contributed by atoms with van der Waals surface area (Å²) in [5, 5.41) is 25.3. The van der Waals surface area contributed by atoms with Gasteiger partial charge in [0, 0.05) is 38.2 Å². The van der Waals surface area contributed by atoms with E-state index in [4.69, 9.17) is 8.83 Å². The van der Waals surface area contributed by atoms with Gasteiger partial charge in [0.05, 0.1) is 11.1 Å². The van der Waals surface area contributed by atoms with E-state index in [9.17, 15) is 10.5 Å². The fraction of sp³-hybridized carbons (Fsp3) is 0. The Morgan fingerprint density at radius 3 is 1.83 bits per heavy atom. The van der Waals surface area contributed by atoms with Crippen LogP contribution in [-0.4, -0.2) is 0 Å². The minimum absolute atomic E-state index is 0.430. The van der Waals surface area contributed by atoms with Crippen molar-refractivity contribution >= 4 is 43.9 Å². The lowest BCUT2D eigenvalue weighted by Crippen LogP contribution is -1.98. The van der Waals surface area contributed by atoms with Crippen LogP contribution in [0.4, 0.5) is 0 Å². The average Bonchev–Trinajstić information content (AvgIpc) is 3.62. The Balaban J connectivity index is 1.51. The van der Waals surface area contributed by atoms with E-state index in [0.29, 0.717) is 22.3 Å². The van der Waals surface area contributed by atoms with Crippen molar-refractivity contribution in [3.05, 3.63) is 132 Å². The van der Waals surface area contributed by atoms with Gasteiger partial charge in [0.15, 0.2) is 0 Å². The third-order valence-corrected chi connectivity index (χ3v) is 8.00. The molecule has 0 amide bonds. The fourth-order valence-corrected chi connectivity index (χ4v) is 6.14. The van der Waals surface area contributed by atoms with E-state index in [0.717, 1.165) is 66.1 Å². The van der Waals surface area contributed by atoms with Crippen LogP contribution in [0.1, 0.15) is 11.1 Å². The maximum atomic E-state index is 10.8. The largest absolute Gasteiger partial charge is 0.456 e. The molecule has 4 nitrogen and oxygen atoms in total. The van der Waals surface area contributed by atoms with E-state index in [1.165, 1.54) is 0 Å². The number of para-hydroxylation sites is 2. The number of nitrogens with zero attached hydrogens (tertiary/aromatic N) is 2. The van der Waals surface area contributed by atoms with Gasteiger partial charge in [-0.2, -0.15) is 10.5 Å². The molecule has 0 atom stereocenters. The molecule has 2 heterocycles. The summed E-state index contributed by atoms with van der Waals surface area (Å²) >= 11 is 0. The van der Waals surface area contributed by atoms with Gasteiger partial charge < -0.3 is 8.83 Å². The van der Waals surface area contributed by atoms with Gasteiger partial charge in [-0.05, 0) is 53.1 Å². The first-order valence-electron chi connectivity index (χ1n) is 13.6. The smallest absolute Gasteiger partial charge is 0.136 e. The Hall–Kier alpha value is -6.10. The Kier molecular flexibility index (Phi) is 5.22. The summed E-state index contributed by atoms with van der Waals surface area (Å²) in [6.45, 7) is 0. The molecule has 0 saturated heterocycles. The lowest BCUT2D eigenvalue weighted by atomic mass is 9.83. The van der Waals surface area contributed by atoms with Crippen molar-refractivity contribution in [2.24, 2.45) is 0 Å². The molecule has 0 aliphatic heterocycles. The lowest BCUT2D eigenvalue weighted by molar-refractivity contribution is 0.668. The number of nitriles is 2. The predicted octanol–water partition coefficient (Wildman–Crippen LogP) is 10.2. The van der Waals surface area contributed by atoms with Gasteiger partial charge in [-0.3, -0.25) is 0 Å². The molecule has 0 fully saturated rings. The van der Waals surface area contributed by atoms with Gasteiger partial charge in [-0.25, -0.2) is 0 Å². The number of fused-ring (bicyclic) bond motifs is 6. The zero-order valence-corrected chi connectivity index (χ0v) is 22.3. The number of benzene rings is 6. The standard InChI is InChI=1S/C38H20N2O2/c39-21-31-29(23-9-2-1-3-10-23)20-30(27-13-8-16-35-38(27)28-12-5-7-15-34(28)41-35)32(22-40)37(31)24-17-18-26-25-11-4-6-14-33(25)42-36(26)19-24/h1-20H. The first kappa shape index (κ1) is 23.8. The van der Waals surface area contributed by atoms with Crippen LogP contribution in [0.3, 0.4) is 0 Å². The number of rotatable bonds is 3. The van der Waals surface area contributed by atoms with Gasteiger partial charge in [-0.1, -0.05) is 84.9 Å². The van der Waals surface area contributed by atoms with Gasteiger partial charge in [0.1, 0.15) is 34.5 Å². The predicted molar refractivity (Wildman–Crippen MR) is 167 cm³/mol. The molecule has 8 aromatic rings. The SMILES string of the molecule is N#Cc1c(-c2ccccc2)cc(-c2cccc3oc4ccccc4c23)c(C#N)c1-c1ccc2c(c1)oc1ccccc12. The summed E-state index contributed by atoms with van der Waals surface area (Å²) in [7, 11) is 0. The molecular weight excluding hydrogens is 516 g/mol. The molecule has 42 heavy (non-hydrogen) atoms. The quantitative estimate of drug-likeness (QED) is 0.225. The third kappa shape index (κ3) is 3.47. The van der Waals surface area contributed by atoms with E-state index in [2.05, 4.69) is 12.1 Å². The Bertz CT molecular complexity index is 2430. The molecule has 0 aliphatic rings. The maximum Gasteiger partial charge on any atom is 0.136 e. The normalized spacial score (nSPS) is 11.3. The summed E-state index contributed by atoms with van der Waals surface area (Å²) in [5.41, 5.74) is 8.51. The highest BCUT2D eigenvalue weighted by Crippen LogP contribution is 2.45. The van der Waals surface area contributed by atoms with Crippen molar-refractivity contribution in [1.82, 2.24) is 0 Å². The average molecular weight is 537 g/mol. The van der Waals surface area contributed by atoms with Crippen LogP contribution >= 0.6 is 0 Å². The molecule has 0 radical (unpaired) electrons. The Morgan fingerprint density at radius 1 is 0.429 bits per heavy atom. The van der Waals surface area contributed by atoms with Crippen molar-refractivity contribution in [3.8, 4) is 45.5 Å². The van der Waals surface area contributed by atoms with Crippen LogP contribution in [0.15, 0.2) is 130 Å². The van der Waals surface area contributed by atoms with Crippen molar-refractivity contribution < 1.29 is 8.83 Å². The van der Waals surface area contributed by atoms with Crippen LogP contribution in [0.5, 0.6) is 0 Å². The topological polar surface area (TPSA) is 73.9 Å². The first-order valence-corrected chi connectivity index (χ1v) is 13.6. The molecule has 0 bridgehead atoms. The molecule has 8 rings (SSSR count). The lowest BCUT2D eigenvalue weighted by Gasteiger charge is -2.17. The fourth-order valence-electron chi connectivity index (χ4n) is 6.14. The second kappa shape index (κ2) is 9.24. The summed E-state index contributed by atoms with van der Waals surface area (Å²) < 4.78 is 12.4. The van der Waals surface area contributed by atoms with Crippen LogP contribution in [0.25, 0.3) is 77.3 Å². The Morgan fingerprint density at radius 2 is 1.05 bits per heavy atom. The van der Waals surface area contributed by atoms with Crippen molar-refractivity contribution in [2.75, 3.05) is 0 Å². The van der Waals surface area contributed by atoms with Crippen molar-refractivity contribution in [2.45, 2.75) is 0 Å². The maximum absolute atomic E-state index is 10.8. The molecule has 0 saturated carbocycles. The van der Waals surface area contributed by atoms with E-state index < -0.39 is 0 Å². The third-order valence-electron chi connectivity index (χ3n) is 8.00. The summed E-state index contributed by atoms with van der Waals surface area (Å²) in [4.78, 5) is 0. The number of hydrogen-bond donors (Lipinski definition) is 0. The second-order valence-electron chi connectivity index (χ2n) is 10.3. The van der Waals surface area contributed by atoms with Gasteiger partial charge in [0.25, 0.3) is 0 Å². The molecule has 0 unspecified atom stereocenters. The van der Waals surface area contributed by atoms with E-state index >= 15 is 0 Å². The highest BCUT2D eigenvalue weighted by Gasteiger charge is 2.24. The van der Waals surface area contributed by atoms with Crippen molar-refractivity contribution in [3.63, 3.8) is 0 Å². The van der Waals surface area contributed by atoms with Crippen LogP contribution < -0.4 is 0 Å². The molecule has 0 spiro atoms. The van der Waals surface area contributed by atoms with Crippen LogP contribution in [0, 0.1) is 22.7 Å². The van der Waals surface area contributed by atoms with Gasteiger partial charge >= 0.3 is 0 Å². The summed E-state index contributed by atoms with van der Waals surface area (Å²) in [6, 6.07) is 44.5. The number of furan rings is 2. The molecule has 6 aromatic carbocycles. The molecule has 0 N–H and O–H groups in total. The summed E-state index contributed by atoms with van der Waals surface area (Å²) in [6.07, 6.45) is 0. The minimum atomic E-state index is 0.430. The molecule has 0 aliphatic carbocycles. The van der Waals surface area contributed by atoms with Gasteiger partial charge in [0.2, 0.25) is 0 Å². The van der Waals surface area contributed by atoms with Crippen LogP contribution in [0.2, 0.25) is 0 Å². The van der Waals surface area contributed by atoms with E-state index in [1.807, 2.05) is 121 Å². The molecule has 4 heteroatoms. The minimum Gasteiger partial charge on any atom is -0.456 e.